The quantitative estimate of drug-likeness (QED) is 0.695. The van der Waals surface area contributed by atoms with Crippen LogP contribution in [0.3, 0.4) is 0 Å². The molecule has 0 atom stereocenters. The minimum atomic E-state index is -1.50. The lowest BCUT2D eigenvalue weighted by Crippen LogP contribution is -2.30. The van der Waals surface area contributed by atoms with Crippen LogP contribution in [-0.2, 0) is 6.54 Å². The predicted octanol–water partition coefficient (Wildman–Crippen LogP) is 0.730. The molecule has 1 aromatic heterocycles. The van der Waals surface area contributed by atoms with E-state index in [1.54, 1.807) is 29.0 Å². The maximum absolute atomic E-state index is 12.4. The summed E-state index contributed by atoms with van der Waals surface area (Å²) in [5, 5.41) is 20.0. The average Bonchev–Trinajstić information content (AvgIpc) is 2.51. The van der Waals surface area contributed by atoms with Crippen LogP contribution in [0.15, 0.2) is 65.6 Å². The monoisotopic (exact) mass is 279 g/mol. The standard InChI is InChI=1S/C16H14BNO3/c19-16-15-7-2-1-5-13(15)8-9-18(16)11-12-4-3-6-14(10-12)17(20)21/h1-10,20-21H,11H2. The molecule has 0 bridgehead atoms. The third kappa shape index (κ3) is 2.74. The molecular weight excluding hydrogens is 265 g/mol. The molecule has 0 saturated carbocycles. The van der Waals surface area contributed by atoms with Crippen LogP contribution in [0, 0.1) is 0 Å². The Morgan fingerprint density at radius 2 is 1.81 bits per heavy atom. The molecule has 0 aliphatic rings. The van der Waals surface area contributed by atoms with E-state index in [0.29, 0.717) is 17.4 Å². The maximum Gasteiger partial charge on any atom is 0.488 e. The van der Waals surface area contributed by atoms with Crippen molar-refractivity contribution in [3.05, 3.63) is 76.7 Å². The first-order chi connectivity index (χ1) is 10.1. The lowest BCUT2D eigenvalue weighted by Gasteiger charge is -2.09. The van der Waals surface area contributed by atoms with E-state index in [1.807, 2.05) is 36.4 Å². The molecule has 0 spiro atoms. The van der Waals surface area contributed by atoms with E-state index in [2.05, 4.69) is 0 Å². The fourth-order valence-electron chi connectivity index (χ4n) is 2.40. The van der Waals surface area contributed by atoms with E-state index in [4.69, 9.17) is 0 Å². The van der Waals surface area contributed by atoms with E-state index < -0.39 is 7.12 Å². The molecule has 2 N–H and O–H groups in total. The molecule has 5 heteroatoms. The number of rotatable bonds is 3. The van der Waals surface area contributed by atoms with Crippen LogP contribution in [0.4, 0.5) is 0 Å². The first-order valence-electron chi connectivity index (χ1n) is 6.68. The number of nitrogens with zero attached hydrogens (tertiary/aromatic N) is 1. The van der Waals surface area contributed by atoms with Gasteiger partial charge >= 0.3 is 7.12 Å². The van der Waals surface area contributed by atoms with Gasteiger partial charge in [-0.25, -0.2) is 0 Å². The van der Waals surface area contributed by atoms with Crippen molar-refractivity contribution in [2.24, 2.45) is 0 Å². The number of fused-ring (bicyclic) bond motifs is 1. The summed E-state index contributed by atoms with van der Waals surface area (Å²) in [5.41, 5.74) is 1.21. The summed E-state index contributed by atoms with van der Waals surface area (Å²) < 4.78 is 1.62. The lowest BCUT2D eigenvalue weighted by atomic mass is 9.79. The number of benzene rings is 2. The van der Waals surface area contributed by atoms with Crippen LogP contribution >= 0.6 is 0 Å². The fraction of sp³-hybridized carbons (Fsp3) is 0.0625. The molecule has 0 fully saturated rings. The molecule has 0 aliphatic carbocycles. The van der Waals surface area contributed by atoms with Crippen molar-refractivity contribution in [1.82, 2.24) is 4.57 Å². The Bertz CT molecular complexity index is 842. The van der Waals surface area contributed by atoms with Gasteiger partial charge in [0.15, 0.2) is 0 Å². The Balaban J connectivity index is 2.00. The predicted molar refractivity (Wildman–Crippen MR) is 83.6 cm³/mol. The van der Waals surface area contributed by atoms with E-state index in [1.165, 1.54) is 0 Å². The van der Waals surface area contributed by atoms with Crippen molar-refractivity contribution in [2.45, 2.75) is 6.54 Å². The Morgan fingerprint density at radius 3 is 2.62 bits per heavy atom. The molecule has 3 rings (SSSR count). The van der Waals surface area contributed by atoms with Crippen LogP contribution in [0.5, 0.6) is 0 Å². The highest BCUT2D eigenvalue weighted by Crippen LogP contribution is 2.09. The van der Waals surface area contributed by atoms with Gasteiger partial charge in [0.25, 0.3) is 5.56 Å². The van der Waals surface area contributed by atoms with Gasteiger partial charge < -0.3 is 14.6 Å². The third-order valence-electron chi connectivity index (χ3n) is 3.49. The third-order valence-corrected chi connectivity index (χ3v) is 3.49. The minimum absolute atomic E-state index is 0.0527. The highest BCUT2D eigenvalue weighted by molar-refractivity contribution is 6.58. The van der Waals surface area contributed by atoms with Gasteiger partial charge in [-0.3, -0.25) is 4.79 Å². The van der Waals surface area contributed by atoms with Crippen molar-refractivity contribution >= 4 is 23.4 Å². The fourth-order valence-corrected chi connectivity index (χ4v) is 2.40. The van der Waals surface area contributed by atoms with Crippen LogP contribution in [0.2, 0.25) is 0 Å². The SMILES string of the molecule is O=c1c2ccccc2ccn1Cc1cccc(B(O)O)c1. The molecule has 0 aliphatic heterocycles. The van der Waals surface area contributed by atoms with Gasteiger partial charge in [-0.2, -0.15) is 0 Å². The maximum atomic E-state index is 12.4. The molecule has 0 amide bonds. The number of hydrogen-bond acceptors (Lipinski definition) is 3. The number of pyridine rings is 1. The van der Waals surface area contributed by atoms with Crippen LogP contribution < -0.4 is 11.0 Å². The van der Waals surface area contributed by atoms with Crippen molar-refractivity contribution in [1.29, 1.82) is 0 Å². The average molecular weight is 279 g/mol. The molecule has 0 radical (unpaired) electrons. The second-order valence-corrected chi connectivity index (χ2v) is 4.95. The highest BCUT2D eigenvalue weighted by atomic mass is 16.4. The zero-order chi connectivity index (χ0) is 14.8. The van der Waals surface area contributed by atoms with E-state index in [0.717, 1.165) is 10.9 Å². The van der Waals surface area contributed by atoms with Gasteiger partial charge in [0, 0.05) is 11.6 Å². The van der Waals surface area contributed by atoms with Gasteiger partial charge in [0.1, 0.15) is 0 Å². The summed E-state index contributed by atoms with van der Waals surface area (Å²) in [5.74, 6) is 0. The smallest absolute Gasteiger partial charge is 0.423 e. The van der Waals surface area contributed by atoms with Gasteiger partial charge in [-0.1, -0.05) is 42.5 Å². The second-order valence-electron chi connectivity index (χ2n) is 4.95. The van der Waals surface area contributed by atoms with Gasteiger partial charge in [0.2, 0.25) is 0 Å². The van der Waals surface area contributed by atoms with E-state index >= 15 is 0 Å². The van der Waals surface area contributed by atoms with Crippen molar-refractivity contribution < 1.29 is 10.0 Å². The van der Waals surface area contributed by atoms with Crippen LogP contribution in [0.1, 0.15) is 5.56 Å². The summed E-state index contributed by atoms with van der Waals surface area (Å²) in [6.07, 6.45) is 1.76. The largest absolute Gasteiger partial charge is 0.488 e. The van der Waals surface area contributed by atoms with Crippen molar-refractivity contribution in [2.75, 3.05) is 0 Å². The van der Waals surface area contributed by atoms with Gasteiger partial charge in [-0.15, -0.1) is 0 Å². The molecule has 1 heterocycles. The highest BCUT2D eigenvalue weighted by Gasteiger charge is 2.11. The number of aromatic nitrogens is 1. The van der Waals surface area contributed by atoms with Gasteiger partial charge in [0.05, 0.1) is 6.54 Å². The first kappa shape index (κ1) is 13.6. The summed E-state index contributed by atoms with van der Waals surface area (Å²) >= 11 is 0. The topological polar surface area (TPSA) is 62.5 Å². The second kappa shape index (κ2) is 5.56. The summed E-state index contributed by atoms with van der Waals surface area (Å²) in [4.78, 5) is 12.4. The molecule has 0 unspecified atom stereocenters. The Hall–Kier alpha value is -2.37. The molecule has 0 saturated heterocycles. The van der Waals surface area contributed by atoms with Crippen molar-refractivity contribution in [3.63, 3.8) is 0 Å². The molecule has 3 aromatic rings. The summed E-state index contributed by atoms with van der Waals surface area (Å²) in [6, 6.07) is 16.3. The summed E-state index contributed by atoms with van der Waals surface area (Å²) in [7, 11) is -1.50. The first-order valence-corrected chi connectivity index (χ1v) is 6.68. The van der Waals surface area contributed by atoms with Crippen molar-refractivity contribution in [3.8, 4) is 0 Å². The van der Waals surface area contributed by atoms with Crippen LogP contribution in [0.25, 0.3) is 10.8 Å². The Labute approximate surface area is 122 Å². The van der Waals surface area contributed by atoms with E-state index in [-0.39, 0.29) is 5.56 Å². The van der Waals surface area contributed by atoms with E-state index in [9.17, 15) is 14.8 Å². The Kier molecular flexibility index (Phi) is 3.60. The zero-order valence-electron chi connectivity index (χ0n) is 11.3. The van der Waals surface area contributed by atoms with Crippen LogP contribution in [-0.4, -0.2) is 21.7 Å². The zero-order valence-corrected chi connectivity index (χ0v) is 11.3. The summed E-state index contributed by atoms with van der Waals surface area (Å²) in [6.45, 7) is 0.393. The number of hydrogen-bond donors (Lipinski definition) is 2. The molecule has 4 nitrogen and oxygen atoms in total. The Morgan fingerprint density at radius 1 is 1.00 bits per heavy atom. The molecule has 104 valence electrons. The minimum Gasteiger partial charge on any atom is -0.423 e. The normalized spacial score (nSPS) is 10.8. The van der Waals surface area contributed by atoms with Gasteiger partial charge in [-0.05, 0) is 28.5 Å². The molecular formula is C16H14BNO3. The molecule has 21 heavy (non-hydrogen) atoms. The molecule has 2 aromatic carbocycles. The lowest BCUT2D eigenvalue weighted by molar-refractivity contribution is 0.425.